The Morgan fingerprint density at radius 2 is 2.21 bits per heavy atom. The highest BCUT2D eigenvalue weighted by molar-refractivity contribution is 5.95. The summed E-state index contributed by atoms with van der Waals surface area (Å²) in [5, 5.41) is 2.80. The number of aromatic nitrogens is 1. The Bertz CT molecular complexity index is 550. The summed E-state index contributed by atoms with van der Waals surface area (Å²) in [7, 11) is 0. The summed E-state index contributed by atoms with van der Waals surface area (Å²) in [6.07, 6.45) is 3.00. The van der Waals surface area contributed by atoms with Crippen molar-refractivity contribution in [2.24, 2.45) is 11.7 Å². The highest BCUT2D eigenvalue weighted by atomic mass is 16.3. The van der Waals surface area contributed by atoms with Gasteiger partial charge in [-0.3, -0.25) is 4.79 Å². The third-order valence-electron chi connectivity index (χ3n) is 2.87. The van der Waals surface area contributed by atoms with Gasteiger partial charge in [-0.2, -0.15) is 0 Å². The van der Waals surface area contributed by atoms with Gasteiger partial charge in [0.25, 0.3) is 0 Å². The molecule has 0 unspecified atom stereocenters. The molecule has 0 radical (unpaired) electrons. The van der Waals surface area contributed by atoms with Crippen LogP contribution in [-0.4, -0.2) is 16.9 Å². The molecule has 0 fully saturated rings. The van der Waals surface area contributed by atoms with Gasteiger partial charge in [0.15, 0.2) is 12.2 Å². The van der Waals surface area contributed by atoms with E-state index in [0.717, 1.165) is 5.56 Å². The van der Waals surface area contributed by atoms with E-state index in [4.69, 9.17) is 10.2 Å². The number of amides is 1. The van der Waals surface area contributed by atoms with Gasteiger partial charge >= 0.3 is 0 Å². The molecule has 0 aliphatic heterocycles. The quantitative estimate of drug-likeness (QED) is 0.882. The molecule has 1 amide bonds. The summed E-state index contributed by atoms with van der Waals surface area (Å²) in [6.45, 7) is 3.82. The Morgan fingerprint density at radius 3 is 2.84 bits per heavy atom. The van der Waals surface area contributed by atoms with Gasteiger partial charge < -0.3 is 15.5 Å². The Hall–Kier alpha value is -2.14. The first-order chi connectivity index (χ1) is 9.08. The third kappa shape index (κ3) is 3.20. The zero-order valence-electron chi connectivity index (χ0n) is 11.0. The first-order valence-electron chi connectivity index (χ1n) is 6.13. The molecule has 1 atom stereocenters. The standard InChI is InChI=1S/C14H17N3O2/c1-9(2)13(15)14(18)17-11-5-3-4-10(6-11)12-7-16-8-19-12/h3-9,13H,15H2,1-2H3,(H,17,18)/t13-/m1/s1. The van der Waals surface area contributed by atoms with Crippen molar-refractivity contribution in [3.8, 4) is 11.3 Å². The number of nitrogens with two attached hydrogens (primary N) is 1. The second-order valence-corrected chi connectivity index (χ2v) is 4.71. The van der Waals surface area contributed by atoms with Crippen LogP contribution in [0.3, 0.4) is 0 Å². The van der Waals surface area contributed by atoms with Gasteiger partial charge in [-0.15, -0.1) is 0 Å². The molecule has 0 saturated carbocycles. The lowest BCUT2D eigenvalue weighted by atomic mass is 10.0. The smallest absolute Gasteiger partial charge is 0.241 e. The molecule has 5 nitrogen and oxygen atoms in total. The number of carbonyl (C=O) groups excluding carboxylic acids is 1. The molecule has 19 heavy (non-hydrogen) atoms. The van der Waals surface area contributed by atoms with Crippen LogP contribution in [-0.2, 0) is 4.79 Å². The molecular formula is C14H17N3O2. The fourth-order valence-electron chi connectivity index (χ4n) is 1.64. The number of nitrogens with one attached hydrogen (secondary N) is 1. The highest BCUT2D eigenvalue weighted by Gasteiger charge is 2.17. The maximum atomic E-state index is 11.9. The number of nitrogens with zero attached hydrogens (tertiary/aromatic N) is 1. The minimum atomic E-state index is -0.520. The van der Waals surface area contributed by atoms with Crippen LogP contribution in [0.5, 0.6) is 0 Å². The van der Waals surface area contributed by atoms with E-state index in [0.29, 0.717) is 11.4 Å². The average Bonchev–Trinajstić information content (AvgIpc) is 2.91. The lowest BCUT2D eigenvalue weighted by Gasteiger charge is -2.15. The van der Waals surface area contributed by atoms with Crippen LogP contribution in [0.1, 0.15) is 13.8 Å². The van der Waals surface area contributed by atoms with E-state index in [1.165, 1.54) is 6.39 Å². The predicted molar refractivity (Wildman–Crippen MR) is 73.4 cm³/mol. The van der Waals surface area contributed by atoms with Crippen molar-refractivity contribution in [1.29, 1.82) is 0 Å². The molecule has 2 aromatic rings. The van der Waals surface area contributed by atoms with E-state index in [1.807, 2.05) is 38.1 Å². The zero-order chi connectivity index (χ0) is 13.8. The van der Waals surface area contributed by atoms with Crippen molar-refractivity contribution in [2.75, 3.05) is 5.32 Å². The zero-order valence-corrected chi connectivity index (χ0v) is 11.0. The van der Waals surface area contributed by atoms with Crippen LogP contribution in [0, 0.1) is 5.92 Å². The normalized spacial score (nSPS) is 12.4. The summed E-state index contributed by atoms with van der Waals surface area (Å²) >= 11 is 0. The van der Waals surface area contributed by atoms with Gasteiger partial charge in [-0.25, -0.2) is 4.98 Å². The van der Waals surface area contributed by atoms with E-state index in [2.05, 4.69) is 10.3 Å². The highest BCUT2D eigenvalue weighted by Crippen LogP contribution is 2.22. The minimum Gasteiger partial charge on any atom is -0.444 e. The maximum Gasteiger partial charge on any atom is 0.241 e. The molecule has 1 aromatic heterocycles. The molecule has 5 heteroatoms. The number of hydrogen-bond acceptors (Lipinski definition) is 4. The summed E-state index contributed by atoms with van der Waals surface area (Å²) in [5.74, 6) is 0.562. The summed E-state index contributed by atoms with van der Waals surface area (Å²) in [6, 6.07) is 6.84. The molecular weight excluding hydrogens is 242 g/mol. The van der Waals surface area contributed by atoms with E-state index >= 15 is 0 Å². The van der Waals surface area contributed by atoms with E-state index in [9.17, 15) is 4.79 Å². The Kier molecular flexibility index (Phi) is 3.97. The molecule has 100 valence electrons. The second kappa shape index (κ2) is 5.67. The molecule has 0 bridgehead atoms. The first-order valence-corrected chi connectivity index (χ1v) is 6.13. The van der Waals surface area contributed by atoms with E-state index in [1.54, 1.807) is 6.20 Å². The van der Waals surface area contributed by atoms with Crippen molar-refractivity contribution in [3.63, 3.8) is 0 Å². The summed E-state index contributed by atoms with van der Waals surface area (Å²) < 4.78 is 5.22. The van der Waals surface area contributed by atoms with Gasteiger partial charge in [0.1, 0.15) is 0 Å². The van der Waals surface area contributed by atoms with Gasteiger partial charge in [-0.05, 0) is 18.1 Å². The van der Waals surface area contributed by atoms with Gasteiger partial charge in [0.2, 0.25) is 5.91 Å². The van der Waals surface area contributed by atoms with Gasteiger partial charge in [0.05, 0.1) is 12.2 Å². The van der Waals surface area contributed by atoms with E-state index in [-0.39, 0.29) is 11.8 Å². The minimum absolute atomic E-state index is 0.0949. The van der Waals surface area contributed by atoms with Crippen LogP contribution in [0.25, 0.3) is 11.3 Å². The molecule has 0 spiro atoms. The molecule has 0 aliphatic rings. The van der Waals surface area contributed by atoms with Crippen LogP contribution < -0.4 is 11.1 Å². The predicted octanol–water partition coefficient (Wildman–Crippen LogP) is 2.26. The first kappa shape index (κ1) is 13.3. The lowest BCUT2D eigenvalue weighted by molar-refractivity contribution is -0.118. The van der Waals surface area contributed by atoms with Gasteiger partial charge in [0, 0.05) is 11.3 Å². The van der Waals surface area contributed by atoms with Crippen molar-refractivity contribution in [3.05, 3.63) is 36.9 Å². The monoisotopic (exact) mass is 259 g/mol. The van der Waals surface area contributed by atoms with Crippen molar-refractivity contribution in [1.82, 2.24) is 4.98 Å². The summed E-state index contributed by atoms with van der Waals surface area (Å²) in [5.41, 5.74) is 7.34. The molecule has 0 aliphatic carbocycles. The maximum absolute atomic E-state index is 11.9. The van der Waals surface area contributed by atoms with Gasteiger partial charge in [-0.1, -0.05) is 26.0 Å². The number of benzene rings is 1. The van der Waals surface area contributed by atoms with Crippen LogP contribution in [0.4, 0.5) is 5.69 Å². The number of rotatable bonds is 4. The topological polar surface area (TPSA) is 81.2 Å². The van der Waals surface area contributed by atoms with Crippen LogP contribution in [0.15, 0.2) is 41.3 Å². The van der Waals surface area contributed by atoms with Crippen LogP contribution >= 0.6 is 0 Å². The van der Waals surface area contributed by atoms with Crippen molar-refractivity contribution < 1.29 is 9.21 Å². The molecule has 2 rings (SSSR count). The largest absolute Gasteiger partial charge is 0.444 e. The third-order valence-corrected chi connectivity index (χ3v) is 2.87. The number of oxazole rings is 1. The number of carbonyl (C=O) groups is 1. The Labute approximate surface area is 111 Å². The lowest BCUT2D eigenvalue weighted by Crippen LogP contribution is -2.39. The van der Waals surface area contributed by atoms with E-state index < -0.39 is 6.04 Å². The molecule has 0 saturated heterocycles. The molecule has 1 aromatic carbocycles. The fraction of sp³-hybridized carbons (Fsp3) is 0.286. The van der Waals surface area contributed by atoms with Crippen molar-refractivity contribution in [2.45, 2.75) is 19.9 Å². The Morgan fingerprint density at radius 1 is 1.42 bits per heavy atom. The molecule has 1 heterocycles. The number of hydrogen-bond donors (Lipinski definition) is 2. The number of anilines is 1. The van der Waals surface area contributed by atoms with Crippen molar-refractivity contribution >= 4 is 11.6 Å². The molecule has 3 N–H and O–H groups in total. The fourth-order valence-corrected chi connectivity index (χ4v) is 1.64. The summed E-state index contributed by atoms with van der Waals surface area (Å²) in [4.78, 5) is 15.7. The average molecular weight is 259 g/mol. The van der Waals surface area contributed by atoms with Crippen LogP contribution in [0.2, 0.25) is 0 Å². The Balaban J connectivity index is 2.14. The second-order valence-electron chi connectivity index (χ2n) is 4.71. The SMILES string of the molecule is CC(C)[C@@H](N)C(=O)Nc1cccc(-c2cnco2)c1.